The van der Waals surface area contributed by atoms with Gasteiger partial charge in [-0.2, -0.15) is 0 Å². The number of carbonyl (C=O) groups excluding carboxylic acids is 2. The van der Waals surface area contributed by atoms with Crippen LogP contribution in [0.15, 0.2) is 66.7 Å². The Balaban J connectivity index is 1.76. The molecule has 0 atom stereocenters. The van der Waals surface area contributed by atoms with Crippen LogP contribution in [0.4, 0.5) is 5.69 Å². The lowest BCUT2D eigenvalue weighted by Crippen LogP contribution is -2.11. The monoisotopic (exact) mass is 356 g/mol. The third-order valence-electron chi connectivity index (χ3n) is 4.90. The van der Waals surface area contributed by atoms with E-state index in [-0.39, 0.29) is 11.8 Å². The Morgan fingerprint density at radius 3 is 2.48 bits per heavy atom. The number of hydrogen-bond donors (Lipinski definition) is 2. The summed E-state index contributed by atoms with van der Waals surface area (Å²) in [6.45, 7) is 0. The minimum absolute atomic E-state index is 0.0236. The molecule has 3 aromatic rings. The van der Waals surface area contributed by atoms with Crippen molar-refractivity contribution >= 4 is 17.5 Å². The van der Waals surface area contributed by atoms with E-state index in [0.29, 0.717) is 19.3 Å². The fraction of sp³-hybridized carbons (Fsp3) is 0.130. The molecule has 0 unspecified atom stereocenters. The number of anilines is 1. The van der Waals surface area contributed by atoms with E-state index in [4.69, 9.17) is 5.73 Å². The van der Waals surface area contributed by atoms with Crippen LogP contribution in [0.3, 0.4) is 0 Å². The maximum atomic E-state index is 11.6. The molecule has 0 aromatic heterocycles. The largest absolute Gasteiger partial charge is 0.370 e. The van der Waals surface area contributed by atoms with Crippen LogP contribution >= 0.6 is 0 Å². The van der Waals surface area contributed by atoms with Gasteiger partial charge in [0.25, 0.3) is 0 Å². The molecule has 1 aliphatic rings. The Morgan fingerprint density at radius 1 is 0.926 bits per heavy atom. The van der Waals surface area contributed by atoms with Gasteiger partial charge in [0.2, 0.25) is 11.8 Å². The first-order chi connectivity index (χ1) is 13.1. The zero-order valence-corrected chi connectivity index (χ0v) is 14.9. The van der Waals surface area contributed by atoms with Crippen LogP contribution in [0.1, 0.15) is 17.5 Å². The molecular formula is C23H20N2O2. The van der Waals surface area contributed by atoms with Gasteiger partial charge in [0.05, 0.1) is 6.42 Å². The molecule has 0 bridgehead atoms. The molecule has 1 heterocycles. The van der Waals surface area contributed by atoms with Crippen molar-refractivity contribution in [3.63, 3.8) is 0 Å². The number of fused-ring (bicyclic) bond motifs is 1. The summed E-state index contributed by atoms with van der Waals surface area (Å²) in [6.07, 6.45) is 1.30. The molecule has 134 valence electrons. The number of benzene rings is 3. The van der Waals surface area contributed by atoms with Crippen LogP contribution in [0.2, 0.25) is 0 Å². The van der Waals surface area contributed by atoms with Gasteiger partial charge in [-0.15, -0.1) is 0 Å². The third-order valence-corrected chi connectivity index (χ3v) is 4.90. The summed E-state index contributed by atoms with van der Waals surface area (Å²) in [5.74, 6) is -0.289. The highest BCUT2D eigenvalue weighted by Crippen LogP contribution is 2.33. The Kier molecular flexibility index (Phi) is 4.47. The van der Waals surface area contributed by atoms with Crippen LogP contribution in [0, 0.1) is 0 Å². The molecule has 27 heavy (non-hydrogen) atoms. The van der Waals surface area contributed by atoms with Gasteiger partial charge in [-0.25, -0.2) is 0 Å². The van der Waals surface area contributed by atoms with Crippen LogP contribution in [-0.4, -0.2) is 11.8 Å². The maximum Gasteiger partial charge on any atom is 0.228 e. The fourth-order valence-electron chi connectivity index (χ4n) is 3.53. The third kappa shape index (κ3) is 3.60. The Hall–Kier alpha value is -3.40. The minimum Gasteiger partial charge on any atom is -0.370 e. The van der Waals surface area contributed by atoms with Gasteiger partial charge in [-0.05, 0) is 45.9 Å². The molecule has 0 saturated carbocycles. The number of carbonyl (C=O) groups is 2. The van der Waals surface area contributed by atoms with E-state index < -0.39 is 0 Å². The van der Waals surface area contributed by atoms with Gasteiger partial charge in [-0.1, -0.05) is 60.7 Å². The number of rotatable bonds is 5. The predicted octanol–water partition coefficient (Wildman–Crippen LogP) is 3.93. The van der Waals surface area contributed by atoms with Crippen molar-refractivity contribution in [2.45, 2.75) is 19.3 Å². The summed E-state index contributed by atoms with van der Waals surface area (Å²) in [6, 6.07) is 22.5. The quantitative estimate of drug-likeness (QED) is 0.727. The highest BCUT2D eigenvalue weighted by atomic mass is 16.2. The van der Waals surface area contributed by atoms with E-state index in [0.717, 1.165) is 39.1 Å². The zero-order valence-electron chi connectivity index (χ0n) is 14.9. The van der Waals surface area contributed by atoms with Gasteiger partial charge in [-0.3, -0.25) is 9.59 Å². The lowest BCUT2D eigenvalue weighted by molar-refractivity contribution is -0.118. The summed E-state index contributed by atoms with van der Waals surface area (Å²) in [4.78, 5) is 23.0. The molecule has 1 aliphatic heterocycles. The molecular weight excluding hydrogens is 336 g/mol. The number of nitrogens with one attached hydrogen (secondary N) is 1. The van der Waals surface area contributed by atoms with Crippen molar-refractivity contribution in [3.05, 3.63) is 77.9 Å². The lowest BCUT2D eigenvalue weighted by atomic mass is 9.92. The van der Waals surface area contributed by atoms with Crippen LogP contribution in [0.25, 0.3) is 22.3 Å². The molecule has 0 aliphatic carbocycles. The van der Waals surface area contributed by atoms with Crippen molar-refractivity contribution in [1.82, 2.24) is 0 Å². The number of nitrogens with two attached hydrogens (primary N) is 1. The number of hydrogen-bond acceptors (Lipinski definition) is 2. The van der Waals surface area contributed by atoms with Crippen LogP contribution < -0.4 is 11.1 Å². The molecule has 0 fully saturated rings. The number of aryl methyl sites for hydroxylation is 1. The molecule has 4 rings (SSSR count). The van der Waals surface area contributed by atoms with Gasteiger partial charge in [0.1, 0.15) is 0 Å². The van der Waals surface area contributed by atoms with E-state index in [1.54, 1.807) is 0 Å². The summed E-state index contributed by atoms with van der Waals surface area (Å²) < 4.78 is 0. The molecule has 4 nitrogen and oxygen atoms in total. The molecule has 4 heteroatoms. The number of primary amides is 1. The maximum absolute atomic E-state index is 11.6. The first-order valence-electron chi connectivity index (χ1n) is 9.00. The van der Waals surface area contributed by atoms with Gasteiger partial charge in [0, 0.05) is 12.1 Å². The van der Waals surface area contributed by atoms with Crippen molar-refractivity contribution in [3.8, 4) is 22.3 Å². The second-order valence-corrected chi connectivity index (χ2v) is 6.80. The second kappa shape index (κ2) is 7.08. The SMILES string of the molecule is NC(=O)CCc1cc(-c2ccccc2)ccc1-c1ccc2c(c1)NC(=O)C2. The zero-order chi connectivity index (χ0) is 18.8. The van der Waals surface area contributed by atoms with E-state index >= 15 is 0 Å². The molecule has 0 radical (unpaired) electrons. The standard InChI is InChI=1S/C23H20N2O2/c24-22(26)11-9-17-12-16(15-4-2-1-3-5-15)8-10-20(17)18-6-7-19-14-23(27)25-21(19)13-18/h1-8,10,12-13H,9,11,14H2,(H2,24,26)(H,25,27). The van der Waals surface area contributed by atoms with Crippen LogP contribution in [0.5, 0.6) is 0 Å². The minimum atomic E-state index is -0.313. The molecule has 0 spiro atoms. The van der Waals surface area contributed by atoms with Crippen LogP contribution in [-0.2, 0) is 22.4 Å². The van der Waals surface area contributed by atoms with Crippen molar-refractivity contribution in [2.75, 3.05) is 5.32 Å². The van der Waals surface area contributed by atoms with E-state index in [1.807, 2.05) is 36.4 Å². The first-order valence-corrected chi connectivity index (χ1v) is 9.00. The summed E-state index contributed by atoms with van der Waals surface area (Å²) in [5.41, 5.74) is 12.6. The Bertz CT molecular complexity index is 1030. The summed E-state index contributed by atoms with van der Waals surface area (Å²) >= 11 is 0. The Labute approximate surface area is 158 Å². The fourth-order valence-corrected chi connectivity index (χ4v) is 3.53. The van der Waals surface area contributed by atoms with Crippen molar-refractivity contribution in [2.24, 2.45) is 5.73 Å². The summed E-state index contributed by atoms with van der Waals surface area (Å²) in [7, 11) is 0. The smallest absolute Gasteiger partial charge is 0.228 e. The van der Waals surface area contributed by atoms with Gasteiger partial charge < -0.3 is 11.1 Å². The van der Waals surface area contributed by atoms with Gasteiger partial charge in [0.15, 0.2) is 0 Å². The molecule has 2 amide bonds. The normalized spacial score (nSPS) is 12.5. The molecule has 0 saturated heterocycles. The average Bonchev–Trinajstić information content (AvgIpc) is 3.06. The first kappa shape index (κ1) is 17.0. The highest BCUT2D eigenvalue weighted by molar-refractivity contribution is 6.00. The Morgan fingerprint density at radius 2 is 1.70 bits per heavy atom. The second-order valence-electron chi connectivity index (χ2n) is 6.80. The van der Waals surface area contributed by atoms with Crippen molar-refractivity contribution < 1.29 is 9.59 Å². The van der Waals surface area contributed by atoms with Gasteiger partial charge >= 0.3 is 0 Å². The van der Waals surface area contributed by atoms with E-state index in [2.05, 4.69) is 35.6 Å². The van der Waals surface area contributed by atoms with Crippen molar-refractivity contribution in [1.29, 1.82) is 0 Å². The lowest BCUT2D eigenvalue weighted by Gasteiger charge is -2.13. The predicted molar refractivity (Wildman–Crippen MR) is 107 cm³/mol. The molecule has 3 aromatic carbocycles. The van der Waals surface area contributed by atoms with E-state index in [1.165, 1.54) is 0 Å². The highest BCUT2D eigenvalue weighted by Gasteiger charge is 2.18. The molecule has 3 N–H and O–H groups in total. The summed E-state index contributed by atoms with van der Waals surface area (Å²) in [5, 5.41) is 2.90. The number of amides is 2. The topological polar surface area (TPSA) is 72.2 Å². The van der Waals surface area contributed by atoms with E-state index in [9.17, 15) is 9.59 Å². The average molecular weight is 356 g/mol.